The number of nitrogens with zero attached hydrogens (tertiary/aromatic N) is 1. The van der Waals surface area contributed by atoms with Gasteiger partial charge in [0.2, 0.25) is 10.0 Å². The van der Waals surface area contributed by atoms with Crippen molar-refractivity contribution in [3.05, 3.63) is 17.6 Å². The molecule has 2 heterocycles. The highest BCUT2D eigenvalue weighted by molar-refractivity contribution is 7.89. The monoisotopic (exact) mass is 286 g/mol. The number of hydrogen-bond donors (Lipinski definition) is 1. The van der Waals surface area contributed by atoms with Gasteiger partial charge in [-0.05, 0) is 38.7 Å². The maximum atomic E-state index is 12.7. The number of hydrogen-bond acceptors (Lipinski definition) is 4. The molecule has 2 N–H and O–H groups in total. The van der Waals surface area contributed by atoms with Gasteiger partial charge in [-0.1, -0.05) is 6.92 Å². The Hall–Kier alpha value is -0.850. The molecule has 1 fully saturated rings. The third kappa shape index (κ3) is 2.57. The van der Waals surface area contributed by atoms with Crippen LogP contribution in [0, 0.1) is 19.8 Å². The largest absolute Gasteiger partial charge is 0.465 e. The van der Waals surface area contributed by atoms with Crippen molar-refractivity contribution in [1.29, 1.82) is 0 Å². The van der Waals surface area contributed by atoms with Crippen LogP contribution in [-0.4, -0.2) is 31.9 Å². The topological polar surface area (TPSA) is 76.5 Å². The maximum absolute atomic E-state index is 12.7. The van der Waals surface area contributed by atoms with Crippen LogP contribution in [0.4, 0.5) is 0 Å². The van der Waals surface area contributed by atoms with E-state index >= 15 is 0 Å². The van der Waals surface area contributed by atoms with Gasteiger partial charge in [-0.2, -0.15) is 4.31 Å². The van der Waals surface area contributed by atoms with Gasteiger partial charge in [-0.3, -0.25) is 0 Å². The average Bonchev–Trinajstić information content (AvgIpc) is 2.68. The lowest BCUT2D eigenvalue weighted by Gasteiger charge is -2.38. The van der Waals surface area contributed by atoms with Crippen molar-refractivity contribution in [3.63, 3.8) is 0 Å². The first-order valence-corrected chi connectivity index (χ1v) is 8.11. The third-order valence-electron chi connectivity index (χ3n) is 3.89. The molecule has 0 spiro atoms. The summed E-state index contributed by atoms with van der Waals surface area (Å²) in [5, 5.41) is 0. The van der Waals surface area contributed by atoms with E-state index in [-0.39, 0.29) is 10.9 Å². The van der Waals surface area contributed by atoms with E-state index in [4.69, 9.17) is 10.2 Å². The third-order valence-corrected chi connectivity index (χ3v) is 5.92. The fourth-order valence-electron chi connectivity index (χ4n) is 2.85. The molecule has 2 rings (SSSR count). The summed E-state index contributed by atoms with van der Waals surface area (Å²) in [6.45, 7) is 6.40. The second-order valence-corrected chi connectivity index (χ2v) is 7.17. The molecular formula is C13H22N2O3S. The van der Waals surface area contributed by atoms with Crippen LogP contribution in [0.1, 0.15) is 31.3 Å². The van der Waals surface area contributed by atoms with Crippen molar-refractivity contribution in [2.45, 2.75) is 44.6 Å². The van der Waals surface area contributed by atoms with Gasteiger partial charge in [0.1, 0.15) is 16.4 Å². The Bertz CT molecular complexity index is 550. The maximum Gasteiger partial charge on any atom is 0.246 e. The molecule has 0 bridgehead atoms. The molecule has 1 aliphatic rings. The van der Waals surface area contributed by atoms with Crippen LogP contribution in [0.25, 0.3) is 0 Å². The Morgan fingerprint density at radius 2 is 2.16 bits per heavy atom. The Morgan fingerprint density at radius 3 is 2.68 bits per heavy atom. The predicted octanol–water partition coefficient (Wildman–Crippen LogP) is 1.64. The summed E-state index contributed by atoms with van der Waals surface area (Å²) in [6, 6.07) is 1.48. The molecule has 0 amide bonds. The summed E-state index contributed by atoms with van der Waals surface area (Å²) >= 11 is 0. The molecule has 1 aromatic rings. The molecule has 2 atom stereocenters. The van der Waals surface area contributed by atoms with Gasteiger partial charge >= 0.3 is 0 Å². The van der Waals surface area contributed by atoms with E-state index < -0.39 is 10.0 Å². The number of rotatable bonds is 3. The van der Waals surface area contributed by atoms with Crippen LogP contribution >= 0.6 is 0 Å². The number of piperidine rings is 1. The minimum atomic E-state index is -3.51. The van der Waals surface area contributed by atoms with Crippen LogP contribution in [0.5, 0.6) is 0 Å². The zero-order chi connectivity index (χ0) is 14.2. The second-order valence-electron chi connectivity index (χ2n) is 5.32. The lowest BCUT2D eigenvalue weighted by molar-refractivity contribution is 0.192. The van der Waals surface area contributed by atoms with Crippen LogP contribution < -0.4 is 5.73 Å². The lowest BCUT2D eigenvalue weighted by Crippen LogP contribution is -2.51. The SMILES string of the molecule is Cc1cc(S(=O)(=O)N2CCC[C@H](C)[C@@H]2CN)c(C)o1. The molecule has 1 aromatic heterocycles. The van der Waals surface area contributed by atoms with Crippen LogP contribution in [0.15, 0.2) is 15.4 Å². The highest BCUT2D eigenvalue weighted by atomic mass is 32.2. The average molecular weight is 286 g/mol. The predicted molar refractivity (Wildman–Crippen MR) is 73.3 cm³/mol. The number of furan rings is 1. The molecule has 6 heteroatoms. The van der Waals surface area contributed by atoms with E-state index in [2.05, 4.69) is 6.92 Å². The Morgan fingerprint density at radius 1 is 1.47 bits per heavy atom. The molecular weight excluding hydrogens is 264 g/mol. The van der Waals surface area contributed by atoms with E-state index in [0.717, 1.165) is 12.8 Å². The second kappa shape index (κ2) is 5.26. The summed E-state index contributed by atoms with van der Waals surface area (Å²) in [5.41, 5.74) is 5.77. The van der Waals surface area contributed by atoms with Crippen molar-refractivity contribution in [3.8, 4) is 0 Å². The fourth-order valence-corrected chi connectivity index (χ4v) is 4.84. The number of aryl methyl sites for hydroxylation is 2. The Labute approximate surface area is 114 Å². The summed E-state index contributed by atoms with van der Waals surface area (Å²) in [5.74, 6) is 1.36. The van der Waals surface area contributed by atoms with Crippen molar-refractivity contribution in [1.82, 2.24) is 4.31 Å². The summed E-state index contributed by atoms with van der Waals surface area (Å²) in [7, 11) is -3.51. The summed E-state index contributed by atoms with van der Waals surface area (Å²) < 4.78 is 32.4. The molecule has 0 aromatic carbocycles. The molecule has 19 heavy (non-hydrogen) atoms. The standard InChI is InChI=1S/C13H22N2O3S/c1-9-5-4-6-15(12(9)8-14)19(16,17)13-7-10(2)18-11(13)3/h7,9,12H,4-6,8,14H2,1-3H3/t9-,12-/m0/s1. The molecule has 1 saturated heterocycles. The normalized spacial score (nSPS) is 25.7. The van der Waals surface area contributed by atoms with E-state index in [1.807, 2.05) is 0 Å². The molecule has 0 radical (unpaired) electrons. The van der Waals surface area contributed by atoms with E-state index in [0.29, 0.717) is 30.5 Å². The minimum absolute atomic E-state index is 0.117. The van der Waals surface area contributed by atoms with Gasteiger partial charge < -0.3 is 10.2 Å². The minimum Gasteiger partial charge on any atom is -0.465 e. The Balaban J connectivity index is 2.40. The fraction of sp³-hybridized carbons (Fsp3) is 0.692. The van der Waals surface area contributed by atoms with Crippen LogP contribution in [0.3, 0.4) is 0 Å². The molecule has 5 nitrogen and oxygen atoms in total. The summed E-state index contributed by atoms with van der Waals surface area (Å²) in [6.07, 6.45) is 1.91. The molecule has 1 aliphatic heterocycles. The molecule has 0 aliphatic carbocycles. The van der Waals surface area contributed by atoms with Crippen molar-refractivity contribution >= 4 is 10.0 Å². The van der Waals surface area contributed by atoms with E-state index in [1.165, 1.54) is 0 Å². The van der Waals surface area contributed by atoms with Gasteiger partial charge in [-0.15, -0.1) is 0 Å². The van der Waals surface area contributed by atoms with E-state index in [1.54, 1.807) is 24.2 Å². The highest BCUT2D eigenvalue weighted by Crippen LogP contribution is 2.30. The first-order valence-electron chi connectivity index (χ1n) is 6.67. The van der Waals surface area contributed by atoms with Crippen LogP contribution in [0.2, 0.25) is 0 Å². The Kier molecular flexibility index (Phi) is 4.03. The molecule has 108 valence electrons. The zero-order valence-electron chi connectivity index (χ0n) is 11.7. The van der Waals surface area contributed by atoms with Crippen molar-refractivity contribution in [2.24, 2.45) is 11.7 Å². The first kappa shape index (κ1) is 14.6. The van der Waals surface area contributed by atoms with Gasteiger partial charge in [-0.25, -0.2) is 8.42 Å². The van der Waals surface area contributed by atoms with Gasteiger partial charge in [0.05, 0.1) is 0 Å². The molecule has 0 saturated carbocycles. The molecule has 0 unspecified atom stereocenters. The number of sulfonamides is 1. The van der Waals surface area contributed by atoms with Gasteiger partial charge in [0.25, 0.3) is 0 Å². The highest BCUT2D eigenvalue weighted by Gasteiger charge is 2.37. The number of nitrogens with two attached hydrogens (primary N) is 1. The smallest absolute Gasteiger partial charge is 0.246 e. The quantitative estimate of drug-likeness (QED) is 0.916. The van der Waals surface area contributed by atoms with Gasteiger partial charge in [0.15, 0.2) is 0 Å². The summed E-state index contributed by atoms with van der Waals surface area (Å²) in [4.78, 5) is 0.276. The van der Waals surface area contributed by atoms with E-state index in [9.17, 15) is 8.42 Å². The van der Waals surface area contributed by atoms with Crippen molar-refractivity contribution < 1.29 is 12.8 Å². The van der Waals surface area contributed by atoms with Gasteiger partial charge in [0, 0.05) is 19.1 Å². The zero-order valence-corrected chi connectivity index (χ0v) is 12.5. The van der Waals surface area contributed by atoms with Crippen LogP contribution in [-0.2, 0) is 10.0 Å². The van der Waals surface area contributed by atoms with Crippen molar-refractivity contribution in [2.75, 3.05) is 13.1 Å². The lowest BCUT2D eigenvalue weighted by atomic mass is 9.93. The first-order chi connectivity index (χ1) is 8.87.